The van der Waals surface area contributed by atoms with Crippen LogP contribution in [0.2, 0.25) is 0 Å². The maximum Gasteiger partial charge on any atom is 0.200 e. The minimum absolute atomic E-state index is 0.00353. The first-order valence-corrected chi connectivity index (χ1v) is 7.64. The van der Waals surface area contributed by atoms with Crippen LogP contribution in [0.15, 0.2) is 12.1 Å². The van der Waals surface area contributed by atoms with Gasteiger partial charge in [0.05, 0.1) is 12.2 Å². The highest BCUT2D eigenvalue weighted by molar-refractivity contribution is 5.42. The molecule has 2 aromatic heterocycles. The quantitative estimate of drug-likeness (QED) is 0.895. The summed E-state index contributed by atoms with van der Waals surface area (Å²) in [5.74, 6) is 0.766. The Kier molecular flexibility index (Phi) is 3.96. The smallest absolute Gasteiger partial charge is 0.200 e. The highest BCUT2D eigenvalue weighted by Gasteiger charge is 2.33. The first-order valence-electron chi connectivity index (χ1n) is 7.64. The lowest BCUT2D eigenvalue weighted by molar-refractivity contribution is -0.0933. The van der Waals surface area contributed by atoms with E-state index in [0.717, 1.165) is 25.5 Å². The molecule has 2 aromatic rings. The predicted molar refractivity (Wildman–Crippen MR) is 82.7 cm³/mol. The van der Waals surface area contributed by atoms with Crippen molar-refractivity contribution in [2.75, 3.05) is 25.0 Å². The van der Waals surface area contributed by atoms with Crippen molar-refractivity contribution in [1.82, 2.24) is 30.2 Å². The summed E-state index contributed by atoms with van der Waals surface area (Å²) >= 11 is 0. The van der Waals surface area contributed by atoms with E-state index >= 15 is 0 Å². The van der Waals surface area contributed by atoms with Crippen molar-refractivity contribution in [2.24, 2.45) is 0 Å². The number of nitrogens with one attached hydrogen (secondary N) is 1. The fraction of sp³-hybridized carbons (Fsp3) is 0.714. The Morgan fingerprint density at radius 1 is 1.27 bits per heavy atom. The molecular formula is C14H23N7O. The number of hydrogen-bond donors (Lipinski definition) is 1. The number of nitrogens with zero attached hydrogens (tertiary/aromatic N) is 6. The molecule has 3 heterocycles. The Morgan fingerprint density at radius 3 is 2.73 bits per heavy atom. The molecule has 1 aliphatic rings. The number of ether oxygens (including phenoxy) is 1. The summed E-state index contributed by atoms with van der Waals surface area (Å²) in [5.41, 5.74) is 0.643. The summed E-state index contributed by atoms with van der Waals surface area (Å²) in [6, 6.07) is 3.74. The lowest BCUT2D eigenvalue weighted by Crippen LogP contribution is -2.57. The van der Waals surface area contributed by atoms with E-state index in [1.54, 1.807) is 0 Å². The van der Waals surface area contributed by atoms with Crippen molar-refractivity contribution in [1.29, 1.82) is 0 Å². The number of morpholine rings is 1. The molecule has 2 unspecified atom stereocenters. The Labute approximate surface area is 129 Å². The first-order chi connectivity index (χ1) is 10.4. The van der Waals surface area contributed by atoms with Crippen molar-refractivity contribution >= 4 is 11.5 Å². The van der Waals surface area contributed by atoms with E-state index in [4.69, 9.17) is 4.74 Å². The van der Waals surface area contributed by atoms with Gasteiger partial charge in [0.2, 0.25) is 0 Å². The SMILES string of the molecule is CC1CN(C(C)(C)CNc2ccc3nnnn3n2)CC(C)O1. The summed E-state index contributed by atoms with van der Waals surface area (Å²) in [6.07, 6.45) is 0.525. The normalized spacial score (nSPS) is 23.8. The van der Waals surface area contributed by atoms with E-state index in [9.17, 15) is 0 Å². The van der Waals surface area contributed by atoms with Crippen molar-refractivity contribution < 1.29 is 4.74 Å². The molecule has 8 nitrogen and oxygen atoms in total. The summed E-state index contributed by atoms with van der Waals surface area (Å²) < 4.78 is 7.24. The first kappa shape index (κ1) is 15.1. The van der Waals surface area contributed by atoms with E-state index in [1.807, 2.05) is 12.1 Å². The summed E-state index contributed by atoms with van der Waals surface area (Å²) in [6.45, 7) is 11.4. The van der Waals surface area contributed by atoms with Crippen LogP contribution in [-0.4, -0.2) is 67.5 Å². The molecule has 8 heteroatoms. The Morgan fingerprint density at radius 2 is 2.00 bits per heavy atom. The lowest BCUT2D eigenvalue weighted by Gasteiger charge is -2.45. The zero-order valence-corrected chi connectivity index (χ0v) is 13.5. The topological polar surface area (TPSA) is 80.5 Å². The van der Waals surface area contributed by atoms with Gasteiger partial charge in [-0.1, -0.05) is 0 Å². The second-order valence-corrected chi connectivity index (χ2v) is 6.57. The molecule has 22 heavy (non-hydrogen) atoms. The fourth-order valence-electron chi connectivity index (χ4n) is 2.83. The molecule has 120 valence electrons. The Hall–Kier alpha value is -1.80. The van der Waals surface area contributed by atoms with Gasteiger partial charge in [-0.3, -0.25) is 4.90 Å². The highest BCUT2D eigenvalue weighted by atomic mass is 16.5. The van der Waals surface area contributed by atoms with Crippen LogP contribution >= 0.6 is 0 Å². The molecule has 0 aromatic carbocycles. The van der Waals surface area contributed by atoms with Gasteiger partial charge in [-0.2, -0.15) is 0 Å². The third-order valence-corrected chi connectivity index (χ3v) is 4.05. The molecule has 3 rings (SSSR count). The minimum Gasteiger partial charge on any atom is -0.373 e. The highest BCUT2D eigenvalue weighted by Crippen LogP contribution is 2.21. The monoisotopic (exact) mass is 305 g/mol. The van der Waals surface area contributed by atoms with Gasteiger partial charge < -0.3 is 10.1 Å². The maximum atomic E-state index is 5.81. The van der Waals surface area contributed by atoms with E-state index in [2.05, 4.69) is 58.5 Å². The molecule has 0 saturated carbocycles. The number of hydrogen-bond acceptors (Lipinski definition) is 7. The number of anilines is 1. The fourth-order valence-corrected chi connectivity index (χ4v) is 2.83. The zero-order chi connectivity index (χ0) is 15.7. The average Bonchev–Trinajstić information content (AvgIpc) is 2.91. The molecular weight excluding hydrogens is 282 g/mol. The predicted octanol–water partition coefficient (Wildman–Crippen LogP) is 0.819. The molecule has 1 saturated heterocycles. The van der Waals surface area contributed by atoms with Gasteiger partial charge in [0.15, 0.2) is 5.65 Å². The summed E-state index contributed by atoms with van der Waals surface area (Å²) in [5, 5.41) is 19.0. The number of aromatic nitrogens is 5. The van der Waals surface area contributed by atoms with Crippen LogP contribution in [0, 0.1) is 0 Å². The van der Waals surface area contributed by atoms with Gasteiger partial charge in [-0.25, -0.2) is 0 Å². The van der Waals surface area contributed by atoms with E-state index in [-0.39, 0.29) is 17.7 Å². The molecule has 1 aliphatic heterocycles. The van der Waals surface area contributed by atoms with Crippen LogP contribution in [0.3, 0.4) is 0 Å². The van der Waals surface area contributed by atoms with E-state index < -0.39 is 0 Å². The molecule has 0 amide bonds. The third-order valence-electron chi connectivity index (χ3n) is 4.05. The molecule has 1 fully saturated rings. The number of tetrazole rings is 1. The molecule has 1 N–H and O–H groups in total. The van der Waals surface area contributed by atoms with Crippen molar-refractivity contribution in [3.8, 4) is 0 Å². The van der Waals surface area contributed by atoms with E-state index in [1.165, 1.54) is 4.63 Å². The van der Waals surface area contributed by atoms with Crippen molar-refractivity contribution in [3.05, 3.63) is 12.1 Å². The minimum atomic E-state index is 0.00353. The standard InChI is InChI=1S/C14H23N7O/c1-10-7-20(8-11(2)22-10)14(3,4)9-15-12-5-6-13-16-18-19-21(13)17-12/h5-6,10-11H,7-9H2,1-4H3,(H,15,17). The van der Waals surface area contributed by atoms with Crippen molar-refractivity contribution in [2.45, 2.75) is 45.4 Å². The van der Waals surface area contributed by atoms with Gasteiger partial charge in [0, 0.05) is 25.2 Å². The van der Waals surface area contributed by atoms with Gasteiger partial charge in [0.25, 0.3) is 0 Å². The van der Waals surface area contributed by atoms with Crippen LogP contribution in [0.25, 0.3) is 5.65 Å². The van der Waals surface area contributed by atoms with Gasteiger partial charge in [0.1, 0.15) is 5.82 Å². The maximum absolute atomic E-state index is 5.81. The number of rotatable bonds is 4. The average molecular weight is 305 g/mol. The molecule has 0 spiro atoms. The van der Waals surface area contributed by atoms with Crippen LogP contribution in [0.4, 0.5) is 5.82 Å². The second kappa shape index (κ2) is 5.77. The van der Waals surface area contributed by atoms with Crippen LogP contribution < -0.4 is 5.32 Å². The number of fused-ring (bicyclic) bond motifs is 1. The zero-order valence-electron chi connectivity index (χ0n) is 13.5. The summed E-state index contributed by atoms with van der Waals surface area (Å²) in [4.78, 5) is 2.47. The second-order valence-electron chi connectivity index (χ2n) is 6.57. The lowest BCUT2D eigenvalue weighted by atomic mass is 10.00. The van der Waals surface area contributed by atoms with Crippen LogP contribution in [0.5, 0.6) is 0 Å². The molecule has 0 radical (unpaired) electrons. The van der Waals surface area contributed by atoms with E-state index in [0.29, 0.717) is 5.65 Å². The van der Waals surface area contributed by atoms with Crippen LogP contribution in [-0.2, 0) is 4.74 Å². The molecule has 0 bridgehead atoms. The van der Waals surface area contributed by atoms with Crippen molar-refractivity contribution in [3.63, 3.8) is 0 Å². The van der Waals surface area contributed by atoms with Gasteiger partial charge in [-0.15, -0.1) is 14.8 Å². The Bertz CT molecular complexity index is 631. The van der Waals surface area contributed by atoms with Gasteiger partial charge in [-0.05, 0) is 50.3 Å². The molecule has 0 aliphatic carbocycles. The molecule has 2 atom stereocenters. The Balaban J connectivity index is 1.65. The van der Waals surface area contributed by atoms with Gasteiger partial charge >= 0.3 is 0 Å². The third kappa shape index (κ3) is 3.17. The largest absolute Gasteiger partial charge is 0.373 e. The van der Waals surface area contributed by atoms with Crippen LogP contribution in [0.1, 0.15) is 27.7 Å². The summed E-state index contributed by atoms with van der Waals surface area (Å²) in [7, 11) is 0.